The maximum absolute atomic E-state index is 11.7. The van der Waals surface area contributed by atoms with Crippen molar-refractivity contribution in [3.63, 3.8) is 0 Å². The zero-order valence-corrected chi connectivity index (χ0v) is 25.0. The molecule has 0 heterocycles. The summed E-state index contributed by atoms with van der Waals surface area (Å²) < 4.78 is 15.9. The second-order valence-corrected chi connectivity index (χ2v) is 10.3. The van der Waals surface area contributed by atoms with E-state index < -0.39 is 11.9 Å². The van der Waals surface area contributed by atoms with Crippen LogP contribution in [0.3, 0.4) is 0 Å². The Hall–Kier alpha value is -5.10. The summed E-state index contributed by atoms with van der Waals surface area (Å²) in [4.78, 5) is 25.5. The Bertz CT molecular complexity index is 1550. The predicted molar refractivity (Wildman–Crippen MR) is 172 cm³/mol. The number of ether oxygens (including phenoxy) is 3. The monoisotopic (exact) mass is 575 g/mol. The Balaban J connectivity index is 1.54. The van der Waals surface area contributed by atoms with E-state index in [4.69, 9.17) is 14.2 Å². The van der Waals surface area contributed by atoms with Crippen LogP contribution in [0.4, 0.5) is 17.1 Å². The van der Waals surface area contributed by atoms with Crippen molar-refractivity contribution < 1.29 is 23.8 Å². The Morgan fingerprint density at radius 2 is 1.07 bits per heavy atom. The van der Waals surface area contributed by atoms with Crippen LogP contribution in [-0.4, -0.2) is 18.7 Å². The minimum absolute atomic E-state index is 0.185. The van der Waals surface area contributed by atoms with Crippen LogP contribution in [0, 0.1) is 0 Å². The fraction of sp³-hybridized carbons (Fsp3) is 0.189. The van der Waals surface area contributed by atoms with Crippen molar-refractivity contribution in [1.82, 2.24) is 0 Å². The summed E-state index contributed by atoms with van der Waals surface area (Å²) >= 11 is 0. The van der Waals surface area contributed by atoms with E-state index in [0.717, 1.165) is 46.6 Å². The van der Waals surface area contributed by atoms with Gasteiger partial charge in [-0.05, 0) is 91.1 Å². The minimum atomic E-state index is -0.488. The van der Waals surface area contributed by atoms with Gasteiger partial charge in [-0.25, -0.2) is 9.59 Å². The van der Waals surface area contributed by atoms with Gasteiger partial charge in [0.1, 0.15) is 12.4 Å². The number of esters is 2. The molecule has 4 aromatic carbocycles. The van der Waals surface area contributed by atoms with Crippen molar-refractivity contribution in [1.29, 1.82) is 0 Å². The summed E-state index contributed by atoms with van der Waals surface area (Å²) in [5.41, 5.74) is 8.03. The summed E-state index contributed by atoms with van der Waals surface area (Å²) in [6.45, 7) is 12.6. The summed E-state index contributed by atoms with van der Waals surface area (Å²) in [7, 11) is 0. The first kappa shape index (κ1) is 30.8. The summed E-state index contributed by atoms with van der Waals surface area (Å²) in [5, 5.41) is 0. The molecule has 0 N–H and O–H groups in total. The standard InChI is InChI=1S/C37H37NO5/c1-6-7-28-10-16-32(17-11-28)38(34-20-22-35(23-21-34)42-25-43-37(40)27(4)5)33-18-14-31(15-19-33)30-12-8-29(9-13-30)24-41-36(39)26(2)3/h8-23H,2,4,6-7,24-25H2,1,3,5H3. The molecular weight excluding hydrogens is 538 g/mol. The van der Waals surface area contributed by atoms with E-state index in [1.807, 2.05) is 48.5 Å². The van der Waals surface area contributed by atoms with Crippen molar-refractivity contribution >= 4 is 29.0 Å². The van der Waals surface area contributed by atoms with Crippen LogP contribution in [0.2, 0.25) is 0 Å². The lowest BCUT2D eigenvalue weighted by Crippen LogP contribution is -2.11. The number of aryl methyl sites for hydroxylation is 1. The highest BCUT2D eigenvalue weighted by molar-refractivity contribution is 5.87. The molecule has 220 valence electrons. The van der Waals surface area contributed by atoms with E-state index in [9.17, 15) is 9.59 Å². The van der Waals surface area contributed by atoms with Crippen LogP contribution in [0.25, 0.3) is 11.1 Å². The van der Waals surface area contributed by atoms with E-state index >= 15 is 0 Å². The van der Waals surface area contributed by atoms with Gasteiger partial charge in [0, 0.05) is 28.2 Å². The average Bonchev–Trinajstić information content (AvgIpc) is 3.02. The first-order chi connectivity index (χ1) is 20.7. The average molecular weight is 576 g/mol. The van der Waals surface area contributed by atoms with Crippen molar-refractivity contribution in [2.75, 3.05) is 11.7 Å². The van der Waals surface area contributed by atoms with Gasteiger partial charge in [-0.3, -0.25) is 0 Å². The zero-order valence-electron chi connectivity index (χ0n) is 25.0. The minimum Gasteiger partial charge on any atom is -0.457 e. The number of benzene rings is 4. The SMILES string of the molecule is C=C(C)C(=O)OCOc1ccc(N(c2ccc(CCC)cc2)c2ccc(-c3ccc(COC(=O)C(=C)C)cc3)cc2)cc1. The van der Waals surface area contributed by atoms with E-state index in [-0.39, 0.29) is 13.4 Å². The van der Waals surface area contributed by atoms with Crippen LogP contribution < -0.4 is 9.64 Å². The van der Waals surface area contributed by atoms with Crippen LogP contribution in [-0.2, 0) is 32.1 Å². The first-order valence-electron chi connectivity index (χ1n) is 14.2. The molecule has 0 radical (unpaired) electrons. The number of carbonyl (C=O) groups is 2. The fourth-order valence-corrected chi connectivity index (χ4v) is 4.38. The van der Waals surface area contributed by atoms with Crippen LogP contribution >= 0.6 is 0 Å². The number of hydrogen-bond acceptors (Lipinski definition) is 6. The number of carbonyl (C=O) groups excluding carboxylic acids is 2. The highest BCUT2D eigenvalue weighted by Gasteiger charge is 2.14. The molecule has 0 aliphatic rings. The third kappa shape index (κ3) is 8.46. The van der Waals surface area contributed by atoms with Crippen LogP contribution in [0.1, 0.15) is 38.3 Å². The maximum Gasteiger partial charge on any atom is 0.335 e. The molecule has 0 aromatic heterocycles. The molecule has 0 amide bonds. The van der Waals surface area contributed by atoms with Gasteiger partial charge in [-0.2, -0.15) is 0 Å². The van der Waals surface area contributed by atoms with E-state index in [1.54, 1.807) is 13.8 Å². The molecular formula is C37H37NO5. The molecule has 6 nitrogen and oxygen atoms in total. The molecule has 0 saturated carbocycles. The predicted octanol–water partition coefficient (Wildman–Crippen LogP) is 8.85. The lowest BCUT2D eigenvalue weighted by atomic mass is 10.0. The molecule has 0 aliphatic heterocycles. The molecule has 0 saturated heterocycles. The molecule has 0 atom stereocenters. The molecule has 4 aromatic rings. The quantitative estimate of drug-likeness (QED) is 0.0901. The highest BCUT2D eigenvalue weighted by Crippen LogP contribution is 2.36. The Kier molecular flexibility index (Phi) is 10.5. The molecule has 0 spiro atoms. The molecule has 0 bridgehead atoms. The third-order valence-electron chi connectivity index (χ3n) is 6.72. The van der Waals surface area contributed by atoms with Gasteiger partial charge in [0.2, 0.25) is 6.79 Å². The van der Waals surface area contributed by atoms with Crippen molar-refractivity contribution in [2.24, 2.45) is 0 Å². The second-order valence-electron chi connectivity index (χ2n) is 10.3. The largest absolute Gasteiger partial charge is 0.457 e. The molecule has 0 fully saturated rings. The molecule has 43 heavy (non-hydrogen) atoms. The molecule has 6 heteroatoms. The van der Waals surface area contributed by atoms with Gasteiger partial charge in [0.15, 0.2) is 0 Å². The van der Waals surface area contributed by atoms with Crippen molar-refractivity contribution in [2.45, 2.75) is 40.2 Å². The summed E-state index contributed by atoms with van der Waals surface area (Å²) in [6.07, 6.45) is 2.13. The number of anilines is 3. The topological polar surface area (TPSA) is 65.1 Å². The fourth-order valence-electron chi connectivity index (χ4n) is 4.38. The van der Waals surface area contributed by atoms with Gasteiger partial charge in [-0.15, -0.1) is 0 Å². The van der Waals surface area contributed by atoms with E-state index in [0.29, 0.717) is 16.9 Å². The molecule has 4 rings (SSSR count). The summed E-state index contributed by atoms with van der Waals surface area (Å²) in [6, 6.07) is 32.6. The smallest absolute Gasteiger partial charge is 0.335 e. The molecule has 0 aliphatic carbocycles. The second kappa shape index (κ2) is 14.7. The number of rotatable bonds is 13. The normalized spacial score (nSPS) is 10.5. The lowest BCUT2D eigenvalue weighted by Gasteiger charge is -2.26. The Labute approximate surface area is 253 Å². The third-order valence-corrected chi connectivity index (χ3v) is 6.72. The molecule has 0 unspecified atom stereocenters. The Morgan fingerprint density at radius 3 is 1.58 bits per heavy atom. The van der Waals surface area contributed by atoms with Gasteiger partial charge in [0.05, 0.1) is 0 Å². The van der Waals surface area contributed by atoms with E-state index in [2.05, 4.69) is 73.5 Å². The number of nitrogens with zero attached hydrogens (tertiary/aromatic N) is 1. The van der Waals surface area contributed by atoms with Gasteiger partial charge in [0.25, 0.3) is 0 Å². The first-order valence-corrected chi connectivity index (χ1v) is 14.2. The van der Waals surface area contributed by atoms with Crippen molar-refractivity contribution in [3.8, 4) is 16.9 Å². The van der Waals surface area contributed by atoms with Crippen molar-refractivity contribution in [3.05, 3.63) is 132 Å². The summed E-state index contributed by atoms with van der Waals surface area (Å²) in [5.74, 6) is -0.294. The Morgan fingerprint density at radius 1 is 0.628 bits per heavy atom. The van der Waals surface area contributed by atoms with Gasteiger partial charge < -0.3 is 19.1 Å². The van der Waals surface area contributed by atoms with Gasteiger partial charge in [-0.1, -0.05) is 75.0 Å². The zero-order chi connectivity index (χ0) is 30.8. The number of hydrogen-bond donors (Lipinski definition) is 0. The van der Waals surface area contributed by atoms with Crippen LogP contribution in [0.15, 0.2) is 121 Å². The highest BCUT2D eigenvalue weighted by atomic mass is 16.7. The van der Waals surface area contributed by atoms with E-state index in [1.165, 1.54) is 5.56 Å². The van der Waals surface area contributed by atoms with Crippen LogP contribution in [0.5, 0.6) is 5.75 Å². The lowest BCUT2D eigenvalue weighted by molar-refractivity contribution is -0.145. The van der Waals surface area contributed by atoms with Gasteiger partial charge >= 0.3 is 11.9 Å². The maximum atomic E-state index is 11.7.